The summed E-state index contributed by atoms with van der Waals surface area (Å²) in [6, 6.07) is 3.34. The normalized spacial score (nSPS) is 25.9. The highest BCUT2D eigenvalue weighted by Crippen LogP contribution is 2.27. The first-order valence-electron chi connectivity index (χ1n) is 8.16. The van der Waals surface area contributed by atoms with Gasteiger partial charge in [-0.2, -0.15) is 5.10 Å². The summed E-state index contributed by atoms with van der Waals surface area (Å²) in [6.45, 7) is 1.81. The van der Waals surface area contributed by atoms with Crippen LogP contribution in [0.4, 0.5) is 0 Å². The third-order valence-electron chi connectivity index (χ3n) is 4.95. The van der Waals surface area contributed by atoms with Gasteiger partial charge in [0.05, 0.1) is 18.3 Å². The van der Waals surface area contributed by atoms with Crippen LogP contribution in [0.15, 0.2) is 12.3 Å². The van der Waals surface area contributed by atoms with Crippen LogP contribution in [0, 0.1) is 5.92 Å². The number of ether oxygens (including phenoxy) is 1. The second kappa shape index (κ2) is 6.72. The molecule has 1 aliphatic heterocycles. The van der Waals surface area contributed by atoms with Gasteiger partial charge in [0.25, 0.3) is 0 Å². The molecule has 1 aliphatic carbocycles. The Morgan fingerprint density at radius 1 is 1.35 bits per heavy atom. The standard InChI is InChI=1S/C16H27N3O/c1-17-16(13-8-10-20-12-13)11-14-7-9-19(18-14)15-5-3-2-4-6-15/h7,9,13,15-17H,2-6,8,10-12H2,1H3. The highest BCUT2D eigenvalue weighted by Gasteiger charge is 2.25. The molecule has 2 fully saturated rings. The predicted molar refractivity (Wildman–Crippen MR) is 79.8 cm³/mol. The van der Waals surface area contributed by atoms with Gasteiger partial charge in [-0.3, -0.25) is 4.68 Å². The Morgan fingerprint density at radius 3 is 2.90 bits per heavy atom. The maximum Gasteiger partial charge on any atom is 0.0640 e. The first-order valence-corrected chi connectivity index (χ1v) is 8.16. The maximum atomic E-state index is 5.51. The van der Waals surface area contributed by atoms with Gasteiger partial charge in [0.2, 0.25) is 0 Å². The predicted octanol–water partition coefficient (Wildman–Crippen LogP) is 2.56. The molecule has 112 valence electrons. The zero-order chi connectivity index (χ0) is 13.8. The fraction of sp³-hybridized carbons (Fsp3) is 0.812. The van der Waals surface area contributed by atoms with E-state index in [9.17, 15) is 0 Å². The van der Waals surface area contributed by atoms with Crippen molar-refractivity contribution in [3.8, 4) is 0 Å². The summed E-state index contributed by atoms with van der Waals surface area (Å²) in [7, 11) is 2.06. The maximum absolute atomic E-state index is 5.51. The Morgan fingerprint density at radius 2 is 2.20 bits per heavy atom. The van der Waals surface area contributed by atoms with Crippen LogP contribution in [0.3, 0.4) is 0 Å². The topological polar surface area (TPSA) is 39.1 Å². The van der Waals surface area contributed by atoms with Gasteiger partial charge in [-0.05, 0) is 32.4 Å². The minimum absolute atomic E-state index is 0.493. The summed E-state index contributed by atoms with van der Waals surface area (Å²) < 4.78 is 7.73. The Bertz CT molecular complexity index is 406. The fourth-order valence-corrected chi connectivity index (χ4v) is 3.64. The van der Waals surface area contributed by atoms with Crippen LogP contribution in [0.25, 0.3) is 0 Å². The van der Waals surface area contributed by atoms with Crippen molar-refractivity contribution in [1.29, 1.82) is 0 Å². The third kappa shape index (κ3) is 3.23. The zero-order valence-corrected chi connectivity index (χ0v) is 12.6. The number of hydrogen-bond acceptors (Lipinski definition) is 3. The van der Waals surface area contributed by atoms with Gasteiger partial charge in [-0.15, -0.1) is 0 Å². The van der Waals surface area contributed by atoms with Crippen molar-refractivity contribution in [2.75, 3.05) is 20.3 Å². The van der Waals surface area contributed by atoms with E-state index in [1.54, 1.807) is 0 Å². The van der Waals surface area contributed by atoms with Crippen molar-refractivity contribution in [3.05, 3.63) is 18.0 Å². The molecule has 1 aromatic rings. The molecule has 20 heavy (non-hydrogen) atoms. The molecule has 1 N–H and O–H groups in total. The highest BCUT2D eigenvalue weighted by atomic mass is 16.5. The monoisotopic (exact) mass is 277 g/mol. The number of likely N-dealkylation sites (N-methyl/N-ethyl adjacent to an activating group) is 1. The quantitative estimate of drug-likeness (QED) is 0.899. The van der Waals surface area contributed by atoms with Crippen LogP contribution in [0.1, 0.15) is 50.3 Å². The number of aromatic nitrogens is 2. The molecular formula is C16H27N3O. The lowest BCUT2D eigenvalue weighted by Crippen LogP contribution is -2.36. The number of nitrogens with zero attached hydrogens (tertiary/aromatic N) is 2. The van der Waals surface area contributed by atoms with Crippen LogP contribution in [0.5, 0.6) is 0 Å². The van der Waals surface area contributed by atoms with Crippen molar-refractivity contribution in [3.63, 3.8) is 0 Å². The second-order valence-electron chi connectivity index (χ2n) is 6.30. The molecule has 4 nitrogen and oxygen atoms in total. The van der Waals surface area contributed by atoms with E-state index >= 15 is 0 Å². The molecule has 0 aromatic carbocycles. The number of hydrogen-bond donors (Lipinski definition) is 1. The van der Waals surface area contributed by atoms with Crippen LogP contribution >= 0.6 is 0 Å². The van der Waals surface area contributed by atoms with Crippen LogP contribution in [-0.4, -0.2) is 36.1 Å². The Balaban J connectivity index is 1.60. The number of rotatable bonds is 5. The van der Waals surface area contributed by atoms with Crippen LogP contribution in [-0.2, 0) is 11.2 Å². The van der Waals surface area contributed by atoms with E-state index in [1.165, 1.54) is 44.2 Å². The van der Waals surface area contributed by atoms with Crippen molar-refractivity contribution < 1.29 is 4.74 Å². The average molecular weight is 277 g/mol. The van der Waals surface area contributed by atoms with E-state index < -0.39 is 0 Å². The lowest BCUT2D eigenvalue weighted by Gasteiger charge is -2.22. The van der Waals surface area contributed by atoms with E-state index in [0.717, 1.165) is 19.6 Å². The second-order valence-corrected chi connectivity index (χ2v) is 6.30. The molecule has 2 atom stereocenters. The van der Waals surface area contributed by atoms with Gasteiger partial charge in [-0.25, -0.2) is 0 Å². The molecule has 0 amide bonds. The SMILES string of the molecule is CNC(Cc1ccn(C2CCCCC2)n1)C1CCOC1. The smallest absolute Gasteiger partial charge is 0.0640 e. The third-order valence-corrected chi connectivity index (χ3v) is 4.95. The van der Waals surface area contributed by atoms with E-state index in [-0.39, 0.29) is 0 Å². The minimum Gasteiger partial charge on any atom is -0.381 e. The lowest BCUT2D eigenvalue weighted by molar-refractivity contribution is 0.177. The van der Waals surface area contributed by atoms with Gasteiger partial charge in [-0.1, -0.05) is 19.3 Å². The summed E-state index contributed by atoms with van der Waals surface area (Å²) in [6.07, 6.45) is 11.1. The van der Waals surface area contributed by atoms with Crippen molar-refractivity contribution in [2.24, 2.45) is 5.92 Å². The Kier molecular flexibility index (Phi) is 4.73. The summed E-state index contributed by atoms with van der Waals surface area (Å²) in [5, 5.41) is 8.28. The molecule has 2 unspecified atom stereocenters. The zero-order valence-electron chi connectivity index (χ0n) is 12.6. The summed E-state index contributed by atoms with van der Waals surface area (Å²) in [4.78, 5) is 0. The van der Waals surface area contributed by atoms with E-state index in [4.69, 9.17) is 9.84 Å². The molecular weight excluding hydrogens is 250 g/mol. The average Bonchev–Trinajstić information content (AvgIpc) is 3.17. The lowest BCUT2D eigenvalue weighted by atomic mass is 9.95. The molecule has 0 spiro atoms. The molecule has 1 saturated carbocycles. The van der Waals surface area contributed by atoms with Gasteiger partial charge < -0.3 is 10.1 Å². The molecule has 1 aromatic heterocycles. The van der Waals surface area contributed by atoms with Gasteiger partial charge in [0, 0.05) is 31.2 Å². The van der Waals surface area contributed by atoms with Crippen molar-refractivity contribution in [2.45, 2.75) is 57.0 Å². The molecule has 0 bridgehead atoms. The molecule has 2 heterocycles. The molecule has 1 saturated heterocycles. The fourth-order valence-electron chi connectivity index (χ4n) is 3.64. The van der Waals surface area contributed by atoms with Crippen molar-refractivity contribution in [1.82, 2.24) is 15.1 Å². The van der Waals surface area contributed by atoms with Gasteiger partial charge in [0.1, 0.15) is 0 Å². The minimum atomic E-state index is 0.493. The van der Waals surface area contributed by atoms with E-state index in [2.05, 4.69) is 29.3 Å². The molecule has 4 heteroatoms. The summed E-state index contributed by atoms with van der Waals surface area (Å²) in [5.74, 6) is 0.639. The van der Waals surface area contributed by atoms with E-state index in [1.807, 2.05) is 0 Å². The van der Waals surface area contributed by atoms with Crippen molar-refractivity contribution >= 4 is 0 Å². The van der Waals surface area contributed by atoms with Crippen LogP contribution in [0.2, 0.25) is 0 Å². The Labute approximate surface area is 121 Å². The molecule has 3 rings (SSSR count). The largest absolute Gasteiger partial charge is 0.381 e. The molecule has 2 aliphatic rings. The summed E-state index contributed by atoms with van der Waals surface area (Å²) >= 11 is 0. The highest BCUT2D eigenvalue weighted by molar-refractivity contribution is 5.03. The van der Waals surface area contributed by atoms with E-state index in [0.29, 0.717) is 18.0 Å². The van der Waals surface area contributed by atoms with Gasteiger partial charge in [0.15, 0.2) is 0 Å². The molecule has 0 radical (unpaired) electrons. The first kappa shape index (κ1) is 14.1. The Hall–Kier alpha value is -0.870. The number of nitrogens with one attached hydrogen (secondary N) is 1. The van der Waals surface area contributed by atoms with Gasteiger partial charge >= 0.3 is 0 Å². The van der Waals surface area contributed by atoms with Crippen LogP contribution < -0.4 is 5.32 Å². The first-order chi connectivity index (χ1) is 9.86. The summed E-state index contributed by atoms with van der Waals surface area (Å²) in [5.41, 5.74) is 1.22.